The van der Waals surface area contributed by atoms with Gasteiger partial charge in [0.25, 0.3) is 0 Å². The Balaban J connectivity index is 1.63. The van der Waals surface area contributed by atoms with Crippen molar-refractivity contribution in [1.29, 1.82) is 0 Å². The minimum atomic E-state index is 0.650. The molecule has 0 unspecified atom stereocenters. The third-order valence-electron chi connectivity index (χ3n) is 4.34. The molecular formula is C14H22N2OS. The molecule has 2 aliphatic rings. The van der Waals surface area contributed by atoms with Crippen LogP contribution in [0.1, 0.15) is 42.8 Å². The summed E-state index contributed by atoms with van der Waals surface area (Å²) < 4.78 is 5.13. The largest absolute Gasteiger partial charge is 0.378 e. The van der Waals surface area contributed by atoms with Gasteiger partial charge in [0.15, 0.2) is 0 Å². The molecule has 2 atom stereocenters. The van der Waals surface area contributed by atoms with Gasteiger partial charge in [0.2, 0.25) is 0 Å². The van der Waals surface area contributed by atoms with Crippen LogP contribution in [0.3, 0.4) is 0 Å². The molecule has 0 N–H and O–H groups in total. The Morgan fingerprint density at radius 2 is 2.28 bits per heavy atom. The summed E-state index contributed by atoms with van der Waals surface area (Å²) in [6.45, 7) is 2.95. The number of thiazole rings is 1. The van der Waals surface area contributed by atoms with E-state index in [2.05, 4.69) is 15.3 Å². The Bertz CT molecular complexity index is 393. The lowest BCUT2D eigenvalue weighted by molar-refractivity contribution is 0.104. The Hall–Kier alpha value is -0.450. The van der Waals surface area contributed by atoms with E-state index in [-0.39, 0.29) is 0 Å². The number of fused-ring (bicyclic) bond motifs is 1. The van der Waals surface area contributed by atoms with Gasteiger partial charge in [-0.3, -0.25) is 4.90 Å². The van der Waals surface area contributed by atoms with Crippen LogP contribution in [0.5, 0.6) is 0 Å². The predicted octanol–water partition coefficient (Wildman–Crippen LogP) is 3.05. The summed E-state index contributed by atoms with van der Waals surface area (Å²) in [5.74, 6) is 0.968. The molecule has 0 radical (unpaired) electrons. The monoisotopic (exact) mass is 266 g/mol. The van der Waals surface area contributed by atoms with Crippen molar-refractivity contribution < 1.29 is 4.74 Å². The third kappa shape index (κ3) is 2.60. The van der Waals surface area contributed by atoms with Gasteiger partial charge in [-0.1, -0.05) is 6.42 Å². The molecule has 1 aromatic rings. The maximum absolute atomic E-state index is 5.13. The molecule has 18 heavy (non-hydrogen) atoms. The average Bonchev–Trinajstić information content (AvgIpc) is 2.99. The van der Waals surface area contributed by atoms with Crippen LogP contribution in [0.15, 0.2) is 5.38 Å². The number of hydrogen-bond acceptors (Lipinski definition) is 4. The second kappa shape index (κ2) is 5.68. The summed E-state index contributed by atoms with van der Waals surface area (Å²) in [5.41, 5.74) is 1.24. The van der Waals surface area contributed by atoms with Crippen molar-refractivity contribution in [3.63, 3.8) is 0 Å². The molecular weight excluding hydrogens is 244 g/mol. The molecule has 0 bridgehead atoms. The molecule has 0 amide bonds. The third-order valence-corrected chi connectivity index (χ3v) is 5.21. The molecule has 100 valence electrons. The molecule has 3 rings (SSSR count). The van der Waals surface area contributed by atoms with Crippen molar-refractivity contribution in [1.82, 2.24) is 9.88 Å². The zero-order chi connectivity index (χ0) is 12.4. The number of likely N-dealkylation sites (tertiary alicyclic amines) is 1. The zero-order valence-electron chi connectivity index (χ0n) is 11.1. The summed E-state index contributed by atoms with van der Waals surface area (Å²) in [6, 6.07) is 0.839. The quantitative estimate of drug-likeness (QED) is 0.837. The molecule has 2 fully saturated rings. The normalized spacial score (nSPS) is 28.5. The highest BCUT2D eigenvalue weighted by Crippen LogP contribution is 2.37. The molecule has 0 aromatic carbocycles. The first kappa shape index (κ1) is 12.6. The highest BCUT2D eigenvalue weighted by atomic mass is 32.1. The first-order valence-electron chi connectivity index (χ1n) is 7.03. The van der Waals surface area contributed by atoms with Crippen molar-refractivity contribution in [3.05, 3.63) is 16.1 Å². The molecule has 2 heterocycles. The maximum atomic E-state index is 5.13. The van der Waals surface area contributed by atoms with Crippen LogP contribution < -0.4 is 0 Å². The number of aromatic nitrogens is 1. The van der Waals surface area contributed by atoms with Crippen LogP contribution in [0.25, 0.3) is 0 Å². The average molecular weight is 266 g/mol. The molecule has 4 heteroatoms. The van der Waals surface area contributed by atoms with E-state index in [0.29, 0.717) is 6.61 Å². The lowest BCUT2D eigenvalue weighted by Crippen LogP contribution is -2.41. The Labute approximate surface area is 113 Å². The standard InChI is InChI=1S/C14H22N2OS/c1-17-9-14-15-12(10-18-14)8-16-7-3-5-11-4-2-6-13(11)16/h10-11,13H,2-9H2,1H3/t11-,13+/m0/s1. The van der Waals surface area contributed by atoms with Gasteiger partial charge in [-0.25, -0.2) is 4.98 Å². The van der Waals surface area contributed by atoms with Gasteiger partial charge in [-0.05, 0) is 38.1 Å². The van der Waals surface area contributed by atoms with Crippen LogP contribution in [0, 0.1) is 5.92 Å². The summed E-state index contributed by atoms with van der Waals surface area (Å²) in [6.07, 6.45) is 7.11. The van der Waals surface area contributed by atoms with Crippen LogP contribution in [0.4, 0.5) is 0 Å². The molecule has 1 saturated carbocycles. The first-order chi connectivity index (χ1) is 8.86. The van der Waals surface area contributed by atoms with E-state index < -0.39 is 0 Å². The number of methoxy groups -OCH3 is 1. The Morgan fingerprint density at radius 3 is 3.17 bits per heavy atom. The zero-order valence-corrected chi connectivity index (χ0v) is 11.9. The minimum Gasteiger partial charge on any atom is -0.378 e. The van der Waals surface area contributed by atoms with Crippen LogP contribution in [-0.2, 0) is 17.9 Å². The van der Waals surface area contributed by atoms with E-state index in [1.807, 2.05) is 0 Å². The summed E-state index contributed by atoms with van der Waals surface area (Å²) in [5, 5.41) is 3.31. The van der Waals surface area contributed by atoms with E-state index in [0.717, 1.165) is 23.5 Å². The second-order valence-corrected chi connectivity index (χ2v) is 6.48. The van der Waals surface area contributed by atoms with Crippen LogP contribution in [0.2, 0.25) is 0 Å². The van der Waals surface area contributed by atoms with E-state index in [1.165, 1.54) is 44.3 Å². The second-order valence-electron chi connectivity index (χ2n) is 5.54. The van der Waals surface area contributed by atoms with Gasteiger partial charge >= 0.3 is 0 Å². The van der Waals surface area contributed by atoms with E-state index in [9.17, 15) is 0 Å². The van der Waals surface area contributed by atoms with E-state index in [4.69, 9.17) is 4.74 Å². The van der Waals surface area contributed by atoms with Gasteiger partial charge in [-0.2, -0.15) is 0 Å². The topological polar surface area (TPSA) is 25.4 Å². The fourth-order valence-corrected chi connectivity index (χ4v) is 4.33. The van der Waals surface area contributed by atoms with E-state index >= 15 is 0 Å². The number of nitrogens with zero attached hydrogens (tertiary/aromatic N) is 2. The minimum absolute atomic E-state index is 0.650. The Morgan fingerprint density at radius 1 is 1.39 bits per heavy atom. The van der Waals surface area contributed by atoms with Crippen LogP contribution in [-0.4, -0.2) is 29.6 Å². The van der Waals surface area contributed by atoms with Gasteiger partial charge < -0.3 is 4.74 Å². The van der Waals surface area contributed by atoms with Crippen molar-refractivity contribution in [2.24, 2.45) is 5.92 Å². The molecule has 1 aromatic heterocycles. The van der Waals surface area contributed by atoms with Gasteiger partial charge in [-0.15, -0.1) is 11.3 Å². The SMILES string of the molecule is COCc1nc(CN2CCC[C@@H]3CCC[C@H]32)cs1. The predicted molar refractivity (Wildman–Crippen MR) is 73.6 cm³/mol. The highest BCUT2D eigenvalue weighted by Gasteiger charge is 2.34. The summed E-state index contributed by atoms with van der Waals surface area (Å²) in [7, 11) is 1.73. The molecule has 1 saturated heterocycles. The lowest BCUT2D eigenvalue weighted by atomic mass is 9.92. The molecule has 1 aliphatic heterocycles. The number of hydrogen-bond donors (Lipinski definition) is 0. The molecule has 1 aliphatic carbocycles. The van der Waals surface area contributed by atoms with Crippen LogP contribution >= 0.6 is 11.3 Å². The van der Waals surface area contributed by atoms with Crippen molar-refractivity contribution >= 4 is 11.3 Å². The first-order valence-corrected chi connectivity index (χ1v) is 7.91. The van der Waals surface area contributed by atoms with Gasteiger partial charge in [0, 0.05) is 25.1 Å². The van der Waals surface area contributed by atoms with E-state index in [1.54, 1.807) is 18.4 Å². The Kier molecular flexibility index (Phi) is 3.97. The smallest absolute Gasteiger partial charge is 0.119 e. The van der Waals surface area contributed by atoms with Crippen molar-refractivity contribution in [2.75, 3.05) is 13.7 Å². The number of rotatable bonds is 4. The fraction of sp³-hybridized carbons (Fsp3) is 0.786. The summed E-state index contributed by atoms with van der Waals surface area (Å²) in [4.78, 5) is 7.33. The van der Waals surface area contributed by atoms with Crippen molar-refractivity contribution in [2.45, 2.75) is 51.3 Å². The highest BCUT2D eigenvalue weighted by molar-refractivity contribution is 7.09. The number of ether oxygens (including phenoxy) is 1. The van der Waals surface area contributed by atoms with Crippen molar-refractivity contribution in [3.8, 4) is 0 Å². The van der Waals surface area contributed by atoms with Gasteiger partial charge in [0.1, 0.15) is 5.01 Å². The fourth-order valence-electron chi connectivity index (χ4n) is 3.57. The summed E-state index contributed by atoms with van der Waals surface area (Å²) >= 11 is 1.73. The maximum Gasteiger partial charge on any atom is 0.119 e. The molecule has 3 nitrogen and oxygen atoms in total. The number of piperidine rings is 1. The lowest BCUT2D eigenvalue weighted by Gasteiger charge is -2.37. The van der Waals surface area contributed by atoms with Gasteiger partial charge in [0.05, 0.1) is 12.3 Å². The molecule has 0 spiro atoms.